The Labute approximate surface area is 529 Å². The summed E-state index contributed by atoms with van der Waals surface area (Å²) in [7, 11) is 0. The van der Waals surface area contributed by atoms with Crippen LogP contribution in [0, 0.1) is 0 Å². The Bertz CT molecular complexity index is 3790. The summed E-state index contributed by atoms with van der Waals surface area (Å²) in [6.45, 7) is 2.05. The van der Waals surface area contributed by atoms with E-state index in [1.54, 1.807) is 0 Å². The number of primary amides is 1. The van der Waals surface area contributed by atoms with Crippen molar-refractivity contribution in [3.8, 4) is 57.1 Å². The Morgan fingerprint density at radius 3 is 1.88 bits per heavy atom. The molecule has 17 atom stereocenters. The van der Waals surface area contributed by atoms with Crippen LogP contribution in [0.3, 0.4) is 0 Å². The predicted octanol–water partition coefficient (Wildman–Crippen LogP) is -0.685. The van der Waals surface area contributed by atoms with Gasteiger partial charge in [0.15, 0.2) is 29.9 Å². The number of carbonyl (C=O) groups is 7. The average molecular weight is 1320 g/mol. The van der Waals surface area contributed by atoms with Crippen molar-refractivity contribution in [3.05, 3.63) is 117 Å². The van der Waals surface area contributed by atoms with Gasteiger partial charge in [-0.2, -0.15) is 0 Å². The van der Waals surface area contributed by atoms with Crippen LogP contribution >= 0.6 is 23.2 Å². The molecule has 0 unspecified atom stereocenters. The molecule has 2 fully saturated rings. The van der Waals surface area contributed by atoms with E-state index in [4.69, 9.17) is 68.8 Å². The van der Waals surface area contributed by atoms with E-state index in [0.29, 0.717) is 0 Å². The molecule has 490 valence electrons. The van der Waals surface area contributed by atoms with Crippen molar-refractivity contribution in [1.82, 2.24) is 26.6 Å². The number of carboxylic acid groups (broad SMARTS) is 1. The van der Waals surface area contributed by atoms with E-state index in [2.05, 4.69) is 26.6 Å². The maximum atomic E-state index is 15.8. The lowest BCUT2D eigenvalue weighted by atomic mass is 9.86. The lowest BCUT2D eigenvalue weighted by Gasteiger charge is -2.47. The Balaban J connectivity index is 1.24. The Morgan fingerprint density at radius 2 is 1.28 bits per heavy atom. The van der Waals surface area contributed by atoms with Crippen LogP contribution in [0.25, 0.3) is 11.1 Å². The number of phenols is 3. The van der Waals surface area contributed by atoms with Gasteiger partial charge >= 0.3 is 5.97 Å². The summed E-state index contributed by atoms with van der Waals surface area (Å²) < 4.78 is 38.0. The molecule has 6 amide bonds. The number of aromatic hydroxyl groups is 3. The number of carbonyl (C=O) groups excluding carboxylic acids is 6. The summed E-state index contributed by atoms with van der Waals surface area (Å²) in [5.41, 5.74) is 14.3. The number of rotatable bonds is 8. The quantitative estimate of drug-likeness (QED) is 0.0915. The molecule has 92 heavy (non-hydrogen) atoms. The van der Waals surface area contributed by atoms with Gasteiger partial charge < -0.3 is 123 Å². The van der Waals surface area contributed by atoms with Crippen LogP contribution in [0.15, 0.2) is 78.9 Å². The Kier molecular flexibility index (Phi) is 18.8. The highest BCUT2D eigenvalue weighted by Crippen LogP contribution is 2.50. The normalized spacial score (nSPS) is 30.8. The molecule has 7 aliphatic heterocycles. The van der Waals surface area contributed by atoms with Crippen LogP contribution in [-0.4, -0.2) is 172 Å². The van der Waals surface area contributed by atoms with Crippen molar-refractivity contribution in [3.63, 3.8) is 0 Å². The fraction of sp³-hybridized carbons (Fsp3) is 0.373. The minimum Gasteiger partial charge on any atom is -0.508 e. The first-order valence-electron chi connectivity index (χ1n) is 28.2. The van der Waals surface area contributed by atoms with Crippen molar-refractivity contribution in [1.29, 1.82) is 0 Å². The van der Waals surface area contributed by atoms with E-state index in [1.807, 2.05) is 0 Å². The summed E-state index contributed by atoms with van der Waals surface area (Å²) in [5.74, 6) is -14.7. The van der Waals surface area contributed by atoms with Gasteiger partial charge in [-0.1, -0.05) is 41.4 Å². The SMILES string of the molecule is C[C@H]1O[C@H](O[C@@H]2[C@@H](Oc3c4cc5cc3Oc3ccc(cc3Cl)[C@@H](O)[C@@H](N)C(=O)N[C@@H](CC(N)=O)C(=O)N[C@H]5C(=O)N[C@H]3C(=O)N[C@H](C(=O)N[C@H](C(=O)O)c5cc(O)cc(O)c5-c5cc3ccc5O)[C@H](O)c3ccc(c(Cl)c3)O4)O[C@@H](CO)[C@H](O)[C@H]2O)C[C@@](C)(N)[C@H]1O. The van der Waals surface area contributed by atoms with Crippen molar-refractivity contribution in [2.45, 2.75) is 130 Å². The number of fused-ring (bicyclic) bond motifs is 15. The number of aliphatic carboxylic acids is 1. The van der Waals surface area contributed by atoms with E-state index in [9.17, 15) is 75.0 Å². The van der Waals surface area contributed by atoms with E-state index < -0.39 is 219 Å². The molecule has 11 bridgehead atoms. The van der Waals surface area contributed by atoms with E-state index in [-0.39, 0.29) is 39.6 Å². The van der Waals surface area contributed by atoms with Crippen LogP contribution in [0.2, 0.25) is 10.0 Å². The zero-order valence-corrected chi connectivity index (χ0v) is 49.6. The number of aliphatic hydroxyl groups excluding tert-OH is 6. The topological polar surface area (TPSA) is 515 Å². The van der Waals surface area contributed by atoms with Crippen molar-refractivity contribution < 1.29 is 113 Å². The van der Waals surface area contributed by atoms with E-state index in [0.717, 1.165) is 66.7 Å². The second-order valence-corrected chi connectivity index (χ2v) is 23.6. The first-order valence-corrected chi connectivity index (χ1v) is 28.9. The molecule has 2 saturated heterocycles. The fourth-order valence-electron chi connectivity index (χ4n) is 11.3. The summed E-state index contributed by atoms with van der Waals surface area (Å²) in [6, 6.07) is 0.765. The van der Waals surface area contributed by atoms with Crippen LogP contribution in [0.1, 0.15) is 84.8 Å². The first-order chi connectivity index (χ1) is 43.4. The molecule has 0 aromatic heterocycles. The summed E-state index contributed by atoms with van der Waals surface area (Å²) in [4.78, 5) is 100. The lowest BCUT2D eigenvalue weighted by molar-refractivity contribution is -0.333. The zero-order valence-electron chi connectivity index (χ0n) is 48.1. The number of halogens is 2. The molecule has 31 nitrogen and oxygen atoms in total. The molecular formula is C59H62Cl2N8O23. The Hall–Kier alpha value is -8.67. The monoisotopic (exact) mass is 1320 g/mol. The molecule has 5 aromatic carbocycles. The van der Waals surface area contributed by atoms with E-state index in [1.165, 1.54) is 26.0 Å². The third kappa shape index (κ3) is 13.2. The van der Waals surface area contributed by atoms with Crippen LogP contribution in [-0.2, 0) is 47.8 Å². The minimum atomic E-state index is -2.28. The molecule has 7 aliphatic rings. The van der Waals surface area contributed by atoms with Gasteiger partial charge in [-0.15, -0.1) is 0 Å². The number of benzene rings is 5. The number of nitrogens with one attached hydrogen (secondary N) is 5. The van der Waals surface area contributed by atoms with Gasteiger partial charge in [0.2, 0.25) is 47.5 Å². The zero-order chi connectivity index (χ0) is 66.7. The lowest BCUT2D eigenvalue weighted by Crippen LogP contribution is -2.64. The summed E-state index contributed by atoms with van der Waals surface area (Å²) in [5, 5.41) is 124. The molecule has 0 saturated carbocycles. The number of aliphatic hydroxyl groups is 6. The number of nitrogens with two attached hydrogens (primary N) is 3. The molecule has 7 heterocycles. The van der Waals surface area contributed by atoms with Crippen molar-refractivity contribution in [2.24, 2.45) is 17.2 Å². The van der Waals surface area contributed by atoms with Crippen LogP contribution < -0.4 is 58.0 Å². The minimum absolute atomic E-state index is 0.0953. The number of ether oxygens (including phenoxy) is 6. The van der Waals surface area contributed by atoms with Gasteiger partial charge in [0, 0.05) is 34.7 Å². The van der Waals surface area contributed by atoms with E-state index >= 15 is 9.59 Å². The third-order valence-electron chi connectivity index (χ3n) is 16.1. The molecule has 21 N–H and O–H groups in total. The number of amides is 6. The number of hydrogen-bond acceptors (Lipinski definition) is 24. The van der Waals surface area contributed by atoms with Gasteiger partial charge in [-0.05, 0) is 90.7 Å². The molecule has 0 spiro atoms. The molecule has 5 aromatic rings. The standard InChI is InChI=1S/C59H62Cl2N8O23/c1-19-51(79)59(2,64)17-38(87-19)91-50-48(78)47(77)36(18-70)90-58(50)92-49-34-12-23-13-35(49)89-33-8-5-22(11-28(33)61)46(76)44-56(84)68-43(57(85)86)26-14-24(71)15-31(73)39(26)25-9-20(3-6-30(25)72)41(54(82)69-44)67-55(83)42(23)66-52(80)29(16-37(62)74)65-53(81)40(63)45(75)21-4-7-32(88-34)27(60)10-21/h3-15,19,29,36,38,40-48,50-51,58,70-73,75-79H,16-18,63-64H2,1-2H3,(H2,62,74)(H,65,81)(H,66,80)(H,67,83)(H,68,84)(H,69,82)(H,85,86)/t19-,29+,36+,38-,40-,41-,42-,43+,44+,45-,46-,47+,48-,50+,51+,58-,59-/m1/s1. The highest BCUT2D eigenvalue weighted by atomic mass is 35.5. The maximum Gasteiger partial charge on any atom is 0.330 e. The number of carboxylic acids is 1. The highest BCUT2D eigenvalue weighted by Gasteiger charge is 2.51. The van der Waals surface area contributed by atoms with Gasteiger partial charge in [0.05, 0.1) is 35.3 Å². The van der Waals surface area contributed by atoms with Gasteiger partial charge in [-0.25, -0.2) is 4.79 Å². The fourth-order valence-corrected chi connectivity index (χ4v) is 11.7. The average Bonchev–Trinajstić information content (AvgIpc) is 0.784. The van der Waals surface area contributed by atoms with Crippen molar-refractivity contribution >= 4 is 64.6 Å². The number of hydrogen-bond donors (Lipinski definition) is 18. The second kappa shape index (κ2) is 26.1. The third-order valence-corrected chi connectivity index (χ3v) is 16.7. The molecular weight excluding hydrogens is 1260 g/mol. The largest absolute Gasteiger partial charge is 0.508 e. The predicted molar refractivity (Wildman–Crippen MR) is 313 cm³/mol. The van der Waals surface area contributed by atoms with Crippen LogP contribution in [0.4, 0.5) is 0 Å². The maximum absolute atomic E-state index is 15.8. The summed E-state index contributed by atoms with van der Waals surface area (Å²) >= 11 is 13.9. The van der Waals surface area contributed by atoms with Gasteiger partial charge in [-0.3, -0.25) is 28.8 Å². The molecule has 0 aliphatic carbocycles. The molecule has 12 rings (SSSR count). The highest BCUT2D eigenvalue weighted by molar-refractivity contribution is 6.32. The van der Waals surface area contributed by atoms with Gasteiger partial charge in [0.1, 0.15) is 89.5 Å². The molecule has 0 radical (unpaired) electrons. The van der Waals surface area contributed by atoms with Crippen molar-refractivity contribution in [2.75, 3.05) is 6.61 Å². The Morgan fingerprint density at radius 1 is 0.685 bits per heavy atom. The first kappa shape index (κ1) is 66.3. The number of phenolic OH excluding ortho intramolecular Hbond substituents is 3. The smallest absolute Gasteiger partial charge is 0.330 e. The summed E-state index contributed by atoms with van der Waals surface area (Å²) in [6.07, 6.45) is -18.3. The second-order valence-electron chi connectivity index (χ2n) is 22.8. The van der Waals surface area contributed by atoms with Gasteiger partial charge in [0.25, 0.3) is 0 Å². The molecule has 33 heteroatoms. The van der Waals surface area contributed by atoms with Crippen LogP contribution in [0.5, 0.6) is 46.0 Å².